The lowest BCUT2D eigenvalue weighted by atomic mass is 10.1. The summed E-state index contributed by atoms with van der Waals surface area (Å²) in [4.78, 5) is 13.9. The first-order chi connectivity index (χ1) is 9.79. The van der Waals surface area contributed by atoms with Gasteiger partial charge in [-0.3, -0.25) is 4.79 Å². The minimum absolute atomic E-state index is 0.0262. The first kappa shape index (κ1) is 15.0. The second-order valence-corrected chi connectivity index (χ2v) is 5.00. The number of hydrogen-bond acceptors (Lipinski definition) is 4. The summed E-state index contributed by atoms with van der Waals surface area (Å²) in [5.74, 6) is 0.0262. The van der Waals surface area contributed by atoms with Crippen molar-refractivity contribution in [1.82, 2.24) is 10.2 Å². The second-order valence-electron chi connectivity index (χ2n) is 5.00. The average Bonchev–Trinajstić information content (AvgIpc) is 2.42. The monoisotopic (exact) mass is 277 g/mol. The number of nitrogens with two attached hydrogens (primary N) is 1. The van der Waals surface area contributed by atoms with Crippen LogP contribution >= 0.6 is 0 Å². The molecule has 110 valence electrons. The van der Waals surface area contributed by atoms with Gasteiger partial charge in [-0.1, -0.05) is 30.3 Å². The Labute approximate surface area is 120 Å². The van der Waals surface area contributed by atoms with Crippen LogP contribution in [0.25, 0.3) is 0 Å². The molecule has 2 rings (SSSR count). The van der Waals surface area contributed by atoms with Gasteiger partial charge < -0.3 is 20.7 Å². The van der Waals surface area contributed by atoms with Gasteiger partial charge >= 0.3 is 0 Å². The van der Waals surface area contributed by atoms with Crippen molar-refractivity contribution in [3.63, 3.8) is 0 Å². The highest BCUT2D eigenvalue weighted by molar-refractivity contribution is 5.77. The van der Waals surface area contributed by atoms with Crippen LogP contribution in [0.5, 0.6) is 0 Å². The van der Waals surface area contributed by atoms with E-state index in [1.807, 2.05) is 18.2 Å². The summed E-state index contributed by atoms with van der Waals surface area (Å²) in [6.45, 7) is 3.58. The number of amides is 1. The lowest BCUT2D eigenvalue weighted by Crippen LogP contribution is -2.50. The maximum atomic E-state index is 12.1. The van der Waals surface area contributed by atoms with E-state index in [-0.39, 0.29) is 18.6 Å². The van der Waals surface area contributed by atoms with Crippen LogP contribution in [0, 0.1) is 0 Å². The third-order valence-electron chi connectivity index (χ3n) is 3.45. The average molecular weight is 277 g/mol. The standard InChI is InChI=1S/C15H23N3O2/c16-7-9-18(8-6-13-4-2-1-3-5-13)15(19)12-20-14-10-17-11-14/h1-5,14,17H,6-12,16H2. The van der Waals surface area contributed by atoms with Gasteiger partial charge in [0.1, 0.15) is 6.61 Å². The van der Waals surface area contributed by atoms with Gasteiger partial charge in [0, 0.05) is 32.7 Å². The van der Waals surface area contributed by atoms with Gasteiger partial charge in [0.15, 0.2) is 0 Å². The zero-order chi connectivity index (χ0) is 14.2. The van der Waals surface area contributed by atoms with Crippen LogP contribution in [0.4, 0.5) is 0 Å². The van der Waals surface area contributed by atoms with E-state index in [4.69, 9.17) is 10.5 Å². The van der Waals surface area contributed by atoms with Gasteiger partial charge in [0.2, 0.25) is 5.91 Å². The summed E-state index contributed by atoms with van der Waals surface area (Å²) in [6, 6.07) is 10.2. The molecule has 1 aliphatic heterocycles. The Morgan fingerprint density at radius 3 is 2.65 bits per heavy atom. The van der Waals surface area contributed by atoms with Crippen LogP contribution in [0.15, 0.2) is 30.3 Å². The van der Waals surface area contributed by atoms with E-state index in [1.54, 1.807) is 4.90 Å². The third kappa shape index (κ3) is 4.59. The number of rotatable bonds is 8. The smallest absolute Gasteiger partial charge is 0.248 e. The van der Waals surface area contributed by atoms with E-state index >= 15 is 0 Å². The summed E-state index contributed by atoms with van der Waals surface area (Å²) in [7, 11) is 0. The first-order valence-electron chi connectivity index (χ1n) is 7.13. The van der Waals surface area contributed by atoms with Crippen LogP contribution in [-0.2, 0) is 16.0 Å². The number of carbonyl (C=O) groups is 1. The summed E-state index contributed by atoms with van der Waals surface area (Å²) in [5.41, 5.74) is 6.81. The van der Waals surface area contributed by atoms with E-state index in [1.165, 1.54) is 5.56 Å². The zero-order valence-electron chi connectivity index (χ0n) is 11.8. The first-order valence-corrected chi connectivity index (χ1v) is 7.13. The SMILES string of the molecule is NCCN(CCc1ccccc1)C(=O)COC1CNC1. The molecule has 0 radical (unpaired) electrons. The highest BCUT2D eigenvalue weighted by Crippen LogP contribution is 2.03. The van der Waals surface area contributed by atoms with Gasteiger partial charge in [0.05, 0.1) is 6.10 Å². The van der Waals surface area contributed by atoms with Gasteiger partial charge in [-0.2, -0.15) is 0 Å². The van der Waals surface area contributed by atoms with Crippen molar-refractivity contribution in [3.8, 4) is 0 Å². The van der Waals surface area contributed by atoms with Crippen molar-refractivity contribution in [2.45, 2.75) is 12.5 Å². The molecule has 0 bridgehead atoms. The lowest BCUT2D eigenvalue weighted by Gasteiger charge is -2.28. The fraction of sp³-hybridized carbons (Fsp3) is 0.533. The van der Waals surface area contributed by atoms with E-state index in [9.17, 15) is 4.79 Å². The van der Waals surface area contributed by atoms with Crippen molar-refractivity contribution in [2.75, 3.05) is 39.3 Å². The van der Waals surface area contributed by atoms with Crippen molar-refractivity contribution in [2.24, 2.45) is 5.73 Å². The Kier molecular flexibility index (Phi) is 5.98. The van der Waals surface area contributed by atoms with Crippen molar-refractivity contribution >= 4 is 5.91 Å². The molecule has 1 heterocycles. The number of nitrogens with one attached hydrogen (secondary N) is 1. The zero-order valence-corrected chi connectivity index (χ0v) is 11.8. The summed E-state index contributed by atoms with van der Waals surface area (Å²) < 4.78 is 5.52. The van der Waals surface area contributed by atoms with E-state index < -0.39 is 0 Å². The molecule has 5 nitrogen and oxygen atoms in total. The predicted molar refractivity (Wildman–Crippen MR) is 78.4 cm³/mol. The molecule has 5 heteroatoms. The van der Waals surface area contributed by atoms with Crippen molar-refractivity contribution < 1.29 is 9.53 Å². The maximum absolute atomic E-state index is 12.1. The summed E-state index contributed by atoms with van der Waals surface area (Å²) in [5, 5.41) is 3.12. The molecule has 1 aromatic carbocycles. The molecule has 1 aromatic rings. The largest absolute Gasteiger partial charge is 0.366 e. The minimum atomic E-state index is 0.0262. The van der Waals surface area contributed by atoms with Crippen LogP contribution < -0.4 is 11.1 Å². The van der Waals surface area contributed by atoms with Crippen molar-refractivity contribution in [1.29, 1.82) is 0 Å². The predicted octanol–water partition coefficient (Wildman–Crippen LogP) is 0.00480. The van der Waals surface area contributed by atoms with Crippen LogP contribution in [0.3, 0.4) is 0 Å². The van der Waals surface area contributed by atoms with Gasteiger partial charge in [-0.15, -0.1) is 0 Å². The minimum Gasteiger partial charge on any atom is -0.366 e. The molecule has 0 aliphatic carbocycles. The van der Waals surface area contributed by atoms with Gasteiger partial charge in [-0.25, -0.2) is 0 Å². The van der Waals surface area contributed by atoms with Gasteiger partial charge in [-0.05, 0) is 12.0 Å². The molecule has 0 spiro atoms. The normalized spacial score (nSPS) is 14.8. The molecule has 1 saturated heterocycles. The molecule has 0 atom stereocenters. The van der Waals surface area contributed by atoms with Crippen LogP contribution in [0.1, 0.15) is 5.56 Å². The third-order valence-corrected chi connectivity index (χ3v) is 3.45. The molecule has 1 fully saturated rings. The maximum Gasteiger partial charge on any atom is 0.248 e. The highest BCUT2D eigenvalue weighted by Gasteiger charge is 2.20. The van der Waals surface area contributed by atoms with E-state index in [0.717, 1.165) is 19.5 Å². The lowest BCUT2D eigenvalue weighted by molar-refractivity contribution is -0.139. The summed E-state index contributed by atoms with van der Waals surface area (Å²) in [6.07, 6.45) is 1.03. The molecule has 0 unspecified atom stereocenters. The topological polar surface area (TPSA) is 67.6 Å². The molecule has 0 saturated carbocycles. The van der Waals surface area contributed by atoms with Crippen LogP contribution in [-0.4, -0.2) is 56.2 Å². The number of ether oxygens (including phenoxy) is 1. The quantitative estimate of drug-likeness (QED) is 0.702. The Morgan fingerprint density at radius 2 is 2.05 bits per heavy atom. The number of carbonyl (C=O) groups excluding carboxylic acids is 1. The second kappa shape index (κ2) is 7.99. The molecular weight excluding hydrogens is 254 g/mol. The Bertz CT molecular complexity index is 407. The molecular formula is C15H23N3O2. The van der Waals surface area contributed by atoms with E-state index in [0.29, 0.717) is 19.6 Å². The molecule has 1 aliphatic rings. The molecule has 20 heavy (non-hydrogen) atoms. The Hall–Kier alpha value is -1.43. The Balaban J connectivity index is 1.77. The fourth-order valence-corrected chi connectivity index (χ4v) is 2.09. The molecule has 3 N–H and O–H groups in total. The highest BCUT2D eigenvalue weighted by atomic mass is 16.5. The number of hydrogen-bond donors (Lipinski definition) is 2. The number of nitrogens with zero attached hydrogens (tertiary/aromatic N) is 1. The fourth-order valence-electron chi connectivity index (χ4n) is 2.09. The summed E-state index contributed by atoms with van der Waals surface area (Å²) >= 11 is 0. The number of benzene rings is 1. The van der Waals surface area contributed by atoms with E-state index in [2.05, 4.69) is 17.4 Å². The van der Waals surface area contributed by atoms with Crippen molar-refractivity contribution in [3.05, 3.63) is 35.9 Å². The van der Waals surface area contributed by atoms with Gasteiger partial charge in [0.25, 0.3) is 0 Å². The Morgan fingerprint density at radius 1 is 1.30 bits per heavy atom. The molecule has 0 aromatic heterocycles. The molecule has 1 amide bonds. The van der Waals surface area contributed by atoms with Crippen LogP contribution in [0.2, 0.25) is 0 Å².